The van der Waals surface area contributed by atoms with Crippen molar-refractivity contribution in [2.75, 3.05) is 13.1 Å². The van der Waals surface area contributed by atoms with Gasteiger partial charge in [-0.25, -0.2) is 0 Å². The first-order valence-electron chi connectivity index (χ1n) is 5.73. The van der Waals surface area contributed by atoms with Crippen LogP contribution < -0.4 is 5.73 Å². The van der Waals surface area contributed by atoms with E-state index in [1.54, 1.807) is 0 Å². The SMILES string of the molecule is CCN(C[C@H](C)N)C1CCCCC1. The quantitative estimate of drug-likeness (QED) is 0.724. The Kier molecular flexibility index (Phi) is 4.74. The summed E-state index contributed by atoms with van der Waals surface area (Å²) in [5.41, 5.74) is 5.83. The molecule has 1 fully saturated rings. The zero-order valence-electron chi connectivity index (χ0n) is 9.13. The lowest BCUT2D eigenvalue weighted by Gasteiger charge is -2.34. The third-order valence-corrected chi connectivity index (χ3v) is 3.02. The minimum atomic E-state index is 0.321. The van der Waals surface area contributed by atoms with Gasteiger partial charge in [0, 0.05) is 18.6 Å². The molecule has 0 amide bonds. The van der Waals surface area contributed by atoms with Crippen molar-refractivity contribution in [3.05, 3.63) is 0 Å². The lowest BCUT2D eigenvalue weighted by atomic mass is 9.94. The van der Waals surface area contributed by atoms with Gasteiger partial charge >= 0.3 is 0 Å². The van der Waals surface area contributed by atoms with Gasteiger partial charge in [0.1, 0.15) is 0 Å². The fourth-order valence-corrected chi connectivity index (χ4v) is 2.35. The topological polar surface area (TPSA) is 29.3 Å². The molecule has 0 bridgehead atoms. The molecular formula is C11H24N2. The van der Waals surface area contributed by atoms with Gasteiger partial charge in [-0.15, -0.1) is 0 Å². The number of likely N-dealkylation sites (N-methyl/N-ethyl adjacent to an activating group) is 1. The van der Waals surface area contributed by atoms with E-state index in [-0.39, 0.29) is 0 Å². The van der Waals surface area contributed by atoms with Crippen LogP contribution in [0.2, 0.25) is 0 Å². The second kappa shape index (κ2) is 5.61. The van der Waals surface area contributed by atoms with E-state index in [4.69, 9.17) is 5.73 Å². The Labute approximate surface area is 82.5 Å². The van der Waals surface area contributed by atoms with Gasteiger partial charge in [-0.05, 0) is 26.3 Å². The summed E-state index contributed by atoms with van der Waals surface area (Å²) in [5, 5.41) is 0. The molecule has 1 atom stereocenters. The molecule has 1 aliphatic rings. The molecule has 1 aliphatic carbocycles. The van der Waals surface area contributed by atoms with Crippen LogP contribution in [0.4, 0.5) is 0 Å². The summed E-state index contributed by atoms with van der Waals surface area (Å²) in [7, 11) is 0. The van der Waals surface area contributed by atoms with Crippen LogP contribution in [-0.2, 0) is 0 Å². The molecule has 78 valence electrons. The van der Waals surface area contributed by atoms with Crippen molar-refractivity contribution in [3.8, 4) is 0 Å². The first-order chi connectivity index (χ1) is 6.24. The maximum atomic E-state index is 5.83. The highest BCUT2D eigenvalue weighted by Crippen LogP contribution is 2.22. The molecule has 2 nitrogen and oxygen atoms in total. The van der Waals surface area contributed by atoms with Crippen molar-refractivity contribution in [2.24, 2.45) is 5.73 Å². The largest absolute Gasteiger partial charge is 0.327 e. The van der Waals surface area contributed by atoms with Crippen LogP contribution in [0.15, 0.2) is 0 Å². The predicted octanol–water partition coefficient (Wildman–Crippen LogP) is 1.99. The molecule has 0 heterocycles. The third kappa shape index (κ3) is 3.65. The molecule has 0 aromatic rings. The standard InChI is InChI=1S/C11H24N2/c1-3-13(9-10(2)12)11-7-5-4-6-8-11/h10-11H,3-9,12H2,1-2H3/t10-/m0/s1. The fourth-order valence-electron chi connectivity index (χ4n) is 2.35. The average Bonchev–Trinajstić information content (AvgIpc) is 2.15. The number of rotatable bonds is 4. The van der Waals surface area contributed by atoms with Crippen molar-refractivity contribution in [1.29, 1.82) is 0 Å². The summed E-state index contributed by atoms with van der Waals surface area (Å²) in [5.74, 6) is 0. The minimum absolute atomic E-state index is 0.321. The summed E-state index contributed by atoms with van der Waals surface area (Å²) >= 11 is 0. The number of nitrogens with two attached hydrogens (primary N) is 1. The summed E-state index contributed by atoms with van der Waals surface area (Å²) < 4.78 is 0. The Morgan fingerprint density at radius 2 is 1.92 bits per heavy atom. The molecule has 0 radical (unpaired) electrons. The van der Waals surface area contributed by atoms with Crippen LogP contribution in [-0.4, -0.2) is 30.1 Å². The Morgan fingerprint density at radius 1 is 1.31 bits per heavy atom. The van der Waals surface area contributed by atoms with Crippen LogP contribution in [0.25, 0.3) is 0 Å². The van der Waals surface area contributed by atoms with E-state index in [1.807, 2.05) is 0 Å². The number of nitrogens with zero attached hydrogens (tertiary/aromatic N) is 1. The van der Waals surface area contributed by atoms with Crippen molar-refractivity contribution in [2.45, 2.75) is 58.0 Å². The molecule has 0 aliphatic heterocycles. The maximum Gasteiger partial charge on any atom is 0.0139 e. The molecule has 2 N–H and O–H groups in total. The molecule has 0 unspecified atom stereocenters. The first-order valence-corrected chi connectivity index (χ1v) is 5.73. The maximum absolute atomic E-state index is 5.83. The fraction of sp³-hybridized carbons (Fsp3) is 1.00. The zero-order valence-corrected chi connectivity index (χ0v) is 9.13. The van der Waals surface area contributed by atoms with Crippen LogP contribution in [0.1, 0.15) is 46.0 Å². The van der Waals surface area contributed by atoms with E-state index in [0.29, 0.717) is 6.04 Å². The number of hydrogen-bond donors (Lipinski definition) is 1. The monoisotopic (exact) mass is 184 g/mol. The van der Waals surface area contributed by atoms with Crippen molar-refractivity contribution < 1.29 is 0 Å². The Morgan fingerprint density at radius 3 is 2.38 bits per heavy atom. The van der Waals surface area contributed by atoms with Gasteiger partial charge in [0.25, 0.3) is 0 Å². The van der Waals surface area contributed by atoms with E-state index in [0.717, 1.165) is 19.1 Å². The Hall–Kier alpha value is -0.0800. The predicted molar refractivity (Wildman–Crippen MR) is 57.8 cm³/mol. The lowest BCUT2D eigenvalue weighted by molar-refractivity contribution is 0.157. The Balaban J connectivity index is 2.34. The van der Waals surface area contributed by atoms with Crippen LogP contribution in [0, 0.1) is 0 Å². The van der Waals surface area contributed by atoms with Gasteiger partial charge in [0.2, 0.25) is 0 Å². The van der Waals surface area contributed by atoms with Gasteiger partial charge in [0.05, 0.1) is 0 Å². The lowest BCUT2D eigenvalue weighted by Crippen LogP contribution is -2.43. The molecule has 13 heavy (non-hydrogen) atoms. The third-order valence-electron chi connectivity index (χ3n) is 3.02. The van der Waals surface area contributed by atoms with E-state index in [9.17, 15) is 0 Å². The van der Waals surface area contributed by atoms with Crippen molar-refractivity contribution in [1.82, 2.24) is 4.90 Å². The van der Waals surface area contributed by atoms with Crippen LogP contribution in [0.5, 0.6) is 0 Å². The van der Waals surface area contributed by atoms with Gasteiger partial charge in [-0.3, -0.25) is 4.90 Å². The smallest absolute Gasteiger partial charge is 0.0139 e. The van der Waals surface area contributed by atoms with Crippen LogP contribution in [0.3, 0.4) is 0 Å². The second-order valence-corrected chi connectivity index (χ2v) is 4.36. The molecule has 2 heteroatoms. The van der Waals surface area contributed by atoms with Crippen LogP contribution >= 0.6 is 0 Å². The molecule has 0 aromatic carbocycles. The van der Waals surface area contributed by atoms with Gasteiger partial charge in [0.15, 0.2) is 0 Å². The highest BCUT2D eigenvalue weighted by Gasteiger charge is 2.19. The molecule has 0 spiro atoms. The minimum Gasteiger partial charge on any atom is -0.327 e. The average molecular weight is 184 g/mol. The molecular weight excluding hydrogens is 160 g/mol. The zero-order chi connectivity index (χ0) is 9.68. The highest BCUT2D eigenvalue weighted by atomic mass is 15.2. The molecule has 0 aromatic heterocycles. The first kappa shape index (κ1) is 11.0. The number of hydrogen-bond acceptors (Lipinski definition) is 2. The summed E-state index contributed by atoms with van der Waals surface area (Å²) in [6, 6.07) is 1.15. The summed E-state index contributed by atoms with van der Waals surface area (Å²) in [6.07, 6.45) is 7.05. The summed E-state index contributed by atoms with van der Waals surface area (Å²) in [4.78, 5) is 2.56. The van der Waals surface area contributed by atoms with Crippen molar-refractivity contribution in [3.63, 3.8) is 0 Å². The molecule has 1 saturated carbocycles. The van der Waals surface area contributed by atoms with Gasteiger partial charge < -0.3 is 5.73 Å². The molecule has 1 rings (SSSR count). The van der Waals surface area contributed by atoms with Gasteiger partial charge in [-0.1, -0.05) is 26.2 Å². The van der Waals surface area contributed by atoms with Gasteiger partial charge in [-0.2, -0.15) is 0 Å². The Bertz CT molecular complexity index is 128. The normalized spacial score (nSPS) is 22.2. The highest BCUT2D eigenvalue weighted by molar-refractivity contribution is 4.76. The van der Waals surface area contributed by atoms with E-state index in [2.05, 4.69) is 18.7 Å². The van der Waals surface area contributed by atoms with Crippen molar-refractivity contribution >= 4 is 0 Å². The van der Waals surface area contributed by atoms with E-state index in [1.165, 1.54) is 32.1 Å². The van der Waals surface area contributed by atoms with E-state index >= 15 is 0 Å². The second-order valence-electron chi connectivity index (χ2n) is 4.36. The van der Waals surface area contributed by atoms with E-state index < -0.39 is 0 Å². The molecule has 0 saturated heterocycles. The summed E-state index contributed by atoms with van der Waals surface area (Å²) in [6.45, 7) is 6.58.